The number of hydrogen-bond acceptors (Lipinski definition) is 8. The zero-order valence-electron chi connectivity index (χ0n) is 14.6. The van der Waals surface area contributed by atoms with Gasteiger partial charge in [0.1, 0.15) is 18.5 Å². The Balaban J connectivity index is 2.09. The van der Waals surface area contributed by atoms with E-state index in [-0.39, 0.29) is 11.9 Å². The molecule has 0 unspecified atom stereocenters. The van der Waals surface area contributed by atoms with Gasteiger partial charge in [0.05, 0.1) is 6.10 Å². The average molecular weight is 386 g/mol. The summed E-state index contributed by atoms with van der Waals surface area (Å²) in [4.78, 5) is 22.4. The van der Waals surface area contributed by atoms with Crippen LogP contribution in [-0.2, 0) is 20.9 Å². The largest absolute Gasteiger partial charge is 0.479 e. The van der Waals surface area contributed by atoms with Gasteiger partial charge in [-0.2, -0.15) is 0 Å². The molecule has 26 heavy (non-hydrogen) atoms. The molecule has 1 aliphatic heterocycles. The SMILES string of the molecule is CSC(=O)OCc1ccc(O[C@H]2O[C@H](C(=O)O)[C@@H](C)[C@H](O)[C@H]2O)c(C)c1. The maximum Gasteiger partial charge on any atom is 0.367 e. The Hall–Kier alpha value is -1.81. The van der Waals surface area contributed by atoms with Crippen LogP contribution in [0.5, 0.6) is 5.75 Å². The quantitative estimate of drug-likeness (QED) is 0.647. The highest BCUT2D eigenvalue weighted by molar-refractivity contribution is 8.12. The van der Waals surface area contributed by atoms with Gasteiger partial charge in [-0.05, 0) is 48.2 Å². The molecule has 1 saturated heterocycles. The Morgan fingerprint density at radius 2 is 1.96 bits per heavy atom. The molecule has 0 saturated carbocycles. The second-order valence-electron chi connectivity index (χ2n) is 6.06. The van der Waals surface area contributed by atoms with Crippen LogP contribution in [0.3, 0.4) is 0 Å². The molecule has 0 spiro atoms. The Kier molecular flexibility index (Phi) is 6.87. The van der Waals surface area contributed by atoms with E-state index in [0.717, 1.165) is 17.3 Å². The van der Waals surface area contributed by atoms with E-state index < -0.39 is 36.5 Å². The lowest BCUT2D eigenvalue weighted by Gasteiger charge is -2.39. The average Bonchev–Trinajstić information content (AvgIpc) is 2.61. The summed E-state index contributed by atoms with van der Waals surface area (Å²) in [7, 11) is 0. The molecule has 3 N–H and O–H groups in total. The lowest BCUT2D eigenvalue weighted by atomic mass is 9.91. The summed E-state index contributed by atoms with van der Waals surface area (Å²) in [5, 5.41) is 29.0. The lowest BCUT2D eigenvalue weighted by Crippen LogP contribution is -2.57. The van der Waals surface area contributed by atoms with E-state index in [1.165, 1.54) is 6.92 Å². The van der Waals surface area contributed by atoms with Crippen molar-refractivity contribution in [3.63, 3.8) is 0 Å². The van der Waals surface area contributed by atoms with Gasteiger partial charge in [0.2, 0.25) is 6.29 Å². The Bertz CT molecular complexity index is 664. The molecule has 0 radical (unpaired) electrons. The molecule has 1 heterocycles. The molecule has 1 fully saturated rings. The van der Waals surface area contributed by atoms with Crippen LogP contribution >= 0.6 is 11.8 Å². The van der Waals surface area contributed by atoms with Crippen LogP contribution < -0.4 is 4.74 Å². The minimum Gasteiger partial charge on any atom is -0.479 e. The zero-order chi connectivity index (χ0) is 19.4. The van der Waals surface area contributed by atoms with Crippen molar-refractivity contribution in [1.29, 1.82) is 0 Å². The fraction of sp³-hybridized carbons (Fsp3) is 0.529. The topological polar surface area (TPSA) is 123 Å². The number of carbonyl (C=O) groups is 2. The molecule has 0 aromatic heterocycles. The number of carbonyl (C=O) groups excluding carboxylic acids is 1. The highest BCUT2D eigenvalue weighted by Gasteiger charge is 2.46. The standard InChI is InChI=1S/C17H22O8S/c1-8-6-10(7-23-17(22)26-3)4-5-11(8)24-16-13(19)12(18)9(2)14(25-16)15(20)21/h4-6,9,12-14,16,18-19H,7H2,1-3H3,(H,20,21)/t9-,12-,13+,14-,16-/m0/s1. The summed E-state index contributed by atoms with van der Waals surface area (Å²) in [5.41, 5.74) is 1.43. The van der Waals surface area contributed by atoms with Gasteiger partial charge in [0.25, 0.3) is 0 Å². The monoisotopic (exact) mass is 386 g/mol. The molecular formula is C17H22O8S. The minimum atomic E-state index is -1.39. The van der Waals surface area contributed by atoms with Crippen LogP contribution in [0.15, 0.2) is 18.2 Å². The van der Waals surface area contributed by atoms with Crippen molar-refractivity contribution in [1.82, 2.24) is 0 Å². The number of aryl methyl sites for hydroxylation is 1. The predicted molar refractivity (Wildman–Crippen MR) is 93.0 cm³/mol. The predicted octanol–water partition coefficient (Wildman–Crippen LogP) is 1.54. The Morgan fingerprint density at radius 1 is 1.27 bits per heavy atom. The molecule has 5 atom stereocenters. The van der Waals surface area contributed by atoms with E-state index in [0.29, 0.717) is 11.3 Å². The molecule has 144 valence electrons. The second kappa shape index (κ2) is 8.72. The van der Waals surface area contributed by atoms with Crippen molar-refractivity contribution in [2.24, 2.45) is 5.92 Å². The van der Waals surface area contributed by atoms with Gasteiger partial charge in [-0.25, -0.2) is 9.59 Å². The minimum absolute atomic E-state index is 0.112. The number of aliphatic hydroxyl groups excluding tert-OH is 2. The van der Waals surface area contributed by atoms with Gasteiger partial charge in [0.15, 0.2) is 6.10 Å². The smallest absolute Gasteiger partial charge is 0.367 e. The fourth-order valence-corrected chi connectivity index (χ4v) is 2.82. The normalized spacial score (nSPS) is 28.4. The maximum atomic E-state index is 11.3. The van der Waals surface area contributed by atoms with Crippen molar-refractivity contribution in [3.05, 3.63) is 29.3 Å². The van der Waals surface area contributed by atoms with Crippen molar-refractivity contribution >= 4 is 23.0 Å². The van der Waals surface area contributed by atoms with Crippen LogP contribution in [0, 0.1) is 12.8 Å². The first-order chi connectivity index (χ1) is 12.2. The van der Waals surface area contributed by atoms with Crippen molar-refractivity contribution in [2.75, 3.05) is 6.26 Å². The van der Waals surface area contributed by atoms with E-state index in [9.17, 15) is 24.9 Å². The maximum absolute atomic E-state index is 11.3. The van der Waals surface area contributed by atoms with E-state index in [1.807, 2.05) is 0 Å². The second-order valence-corrected chi connectivity index (χ2v) is 6.81. The van der Waals surface area contributed by atoms with Gasteiger partial charge in [-0.15, -0.1) is 0 Å². The molecule has 1 aliphatic rings. The first kappa shape index (κ1) is 20.5. The number of rotatable bonds is 5. The molecule has 2 rings (SSSR count). The fourth-order valence-electron chi connectivity index (χ4n) is 2.64. The number of carboxylic acids is 1. The molecule has 0 bridgehead atoms. The third kappa shape index (κ3) is 4.67. The van der Waals surface area contributed by atoms with Crippen molar-refractivity contribution < 1.29 is 39.1 Å². The van der Waals surface area contributed by atoms with Crippen molar-refractivity contribution in [3.8, 4) is 5.75 Å². The van der Waals surface area contributed by atoms with Crippen molar-refractivity contribution in [2.45, 2.75) is 45.1 Å². The third-order valence-electron chi connectivity index (χ3n) is 4.17. The van der Waals surface area contributed by atoms with E-state index >= 15 is 0 Å². The van der Waals surface area contributed by atoms with Gasteiger partial charge >= 0.3 is 11.3 Å². The van der Waals surface area contributed by atoms with Crippen LogP contribution in [-0.4, -0.2) is 57.4 Å². The summed E-state index contributed by atoms with van der Waals surface area (Å²) < 4.78 is 15.9. The number of carboxylic acid groups (broad SMARTS) is 1. The molecule has 1 aromatic rings. The molecule has 0 aliphatic carbocycles. The molecule has 1 aromatic carbocycles. The summed E-state index contributed by atoms with van der Waals surface area (Å²) >= 11 is 0.976. The Morgan fingerprint density at radius 3 is 2.54 bits per heavy atom. The number of ether oxygens (including phenoxy) is 3. The number of aliphatic carboxylic acids is 1. The van der Waals surface area contributed by atoms with Gasteiger partial charge in [-0.1, -0.05) is 13.0 Å². The third-order valence-corrected chi connectivity index (χ3v) is 4.63. The Labute approximate surface area is 155 Å². The van der Waals surface area contributed by atoms with Gasteiger partial charge in [-0.3, -0.25) is 0 Å². The van der Waals surface area contributed by atoms with E-state index in [4.69, 9.17) is 14.2 Å². The van der Waals surface area contributed by atoms with Crippen LogP contribution in [0.25, 0.3) is 0 Å². The highest BCUT2D eigenvalue weighted by Crippen LogP contribution is 2.29. The van der Waals surface area contributed by atoms with Crippen LogP contribution in [0.4, 0.5) is 4.79 Å². The summed E-state index contributed by atoms with van der Waals surface area (Å²) in [5.74, 6) is -1.66. The first-order valence-corrected chi connectivity index (χ1v) is 9.18. The molecule has 9 heteroatoms. The summed E-state index contributed by atoms with van der Waals surface area (Å²) in [6.45, 7) is 3.34. The van der Waals surface area contributed by atoms with E-state index in [2.05, 4.69) is 0 Å². The molecule has 0 amide bonds. The number of benzene rings is 1. The molecular weight excluding hydrogens is 364 g/mol. The number of hydrogen-bond donors (Lipinski definition) is 3. The lowest BCUT2D eigenvalue weighted by molar-refractivity contribution is -0.256. The van der Waals surface area contributed by atoms with Gasteiger partial charge < -0.3 is 29.5 Å². The zero-order valence-corrected chi connectivity index (χ0v) is 15.4. The molecule has 8 nitrogen and oxygen atoms in total. The van der Waals surface area contributed by atoms with Crippen LogP contribution in [0.1, 0.15) is 18.1 Å². The highest BCUT2D eigenvalue weighted by atomic mass is 32.2. The summed E-state index contributed by atoms with van der Waals surface area (Å²) in [6, 6.07) is 5.03. The number of thioether (sulfide) groups is 1. The van der Waals surface area contributed by atoms with E-state index in [1.54, 1.807) is 31.4 Å². The van der Waals surface area contributed by atoms with Gasteiger partial charge in [0, 0.05) is 5.92 Å². The summed E-state index contributed by atoms with van der Waals surface area (Å²) in [6.07, 6.45) is -3.66. The number of aliphatic hydroxyl groups is 2. The first-order valence-electron chi connectivity index (χ1n) is 7.96. The van der Waals surface area contributed by atoms with Crippen LogP contribution in [0.2, 0.25) is 0 Å².